The molecular weight excluding hydrogens is 258 g/mol. The van der Waals surface area contributed by atoms with Crippen molar-refractivity contribution in [1.82, 2.24) is 0 Å². The van der Waals surface area contributed by atoms with Gasteiger partial charge >= 0.3 is 5.97 Å². The smallest absolute Gasteiger partial charge is 0.337 e. The number of hydrogen-bond acceptors (Lipinski definition) is 4. The summed E-state index contributed by atoms with van der Waals surface area (Å²) in [4.78, 5) is 11.0. The van der Waals surface area contributed by atoms with Crippen LogP contribution in [0.1, 0.15) is 15.9 Å². The van der Waals surface area contributed by atoms with Crippen molar-refractivity contribution in [2.45, 2.75) is 6.61 Å². The average Bonchev–Trinajstić information content (AvgIpc) is 2.46. The number of rotatable bonds is 5. The summed E-state index contributed by atoms with van der Waals surface area (Å²) >= 11 is 0. The molecule has 3 N–H and O–H groups in total. The van der Waals surface area contributed by atoms with Gasteiger partial charge in [-0.2, -0.15) is 0 Å². The minimum atomic E-state index is -1.10. The Morgan fingerprint density at radius 3 is 2.50 bits per heavy atom. The van der Waals surface area contributed by atoms with Crippen molar-refractivity contribution in [3.05, 3.63) is 53.6 Å². The van der Waals surface area contributed by atoms with E-state index in [4.69, 9.17) is 20.3 Å². The third-order valence-electron chi connectivity index (χ3n) is 2.80. The monoisotopic (exact) mass is 273 g/mol. The number of benzene rings is 2. The Bertz CT molecular complexity index is 611. The lowest BCUT2D eigenvalue weighted by Gasteiger charge is -2.13. The van der Waals surface area contributed by atoms with E-state index in [9.17, 15) is 4.79 Å². The van der Waals surface area contributed by atoms with E-state index in [1.165, 1.54) is 19.2 Å². The van der Waals surface area contributed by atoms with Crippen molar-refractivity contribution < 1.29 is 19.4 Å². The molecule has 0 aliphatic heterocycles. The van der Waals surface area contributed by atoms with Gasteiger partial charge in [0.15, 0.2) is 11.5 Å². The van der Waals surface area contributed by atoms with Crippen LogP contribution in [0.3, 0.4) is 0 Å². The van der Waals surface area contributed by atoms with Crippen molar-refractivity contribution in [3.8, 4) is 11.5 Å². The summed E-state index contributed by atoms with van der Waals surface area (Å²) in [5, 5.41) is 9.01. The molecule has 2 aromatic carbocycles. The van der Waals surface area contributed by atoms with Crippen LogP contribution in [-0.4, -0.2) is 18.2 Å². The molecule has 0 heterocycles. The van der Waals surface area contributed by atoms with Crippen LogP contribution in [0.4, 0.5) is 5.69 Å². The first-order valence-electron chi connectivity index (χ1n) is 5.99. The van der Waals surface area contributed by atoms with E-state index in [2.05, 4.69) is 0 Å². The van der Waals surface area contributed by atoms with Gasteiger partial charge in [-0.1, -0.05) is 30.3 Å². The number of nitrogen functional groups attached to an aromatic ring is 1. The molecule has 0 fully saturated rings. The molecule has 0 bridgehead atoms. The molecule has 0 aliphatic carbocycles. The SMILES string of the molecule is COc1cc(C(=O)O)c(N)cc1OCc1ccccc1. The van der Waals surface area contributed by atoms with E-state index in [-0.39, 0.29) is 11.3 Å². The lowest BCUT2D eigenvalue weighted by molar-refractivity contribution is 0.0697. The molecule has 0 unspecified atom stereocenters. The number of nitrogens with two attached hydrogens (primary N) is 1. The molecule has 0 spiro atoms. The maximum atomic E-state index is 11.0. The number of carboxylic acid groups (broad SMARTS) is 1. The first-order chi connectivity index (χ1) is 9.61. The average molecular weight is 273 g/mol. The predicted octanol–water partition coefficient (Wildman–Crippen LogP) is 2.55. The summed E-state index contributed by atoms with van der Waals surface area (Å²) in [5.41, 5.74) is 6.83. The van der Waals surface area contributed by atoms with Gasteiger partial charge in [0.25, 0.3) is 0 Å². The van der Waals surface area contributed by atoms with Crippen LogP contribution in [0.15, 0.2) is 42.5 Å². The quantitative estimate of drug-likeness (QED) is 0.818. The number of carboxylic acids is 1. The molecule has 20 heavy (non-hydrogen) atoms. The topological polar surface area (TPSA) is 81.8 Å². The van der Waals surface area contributed by atoms with E-state index in [1.54, 1.807) is 0 Å². The lowest BCUT2D eigenvalue weighted by Crippen LogP contribution is -2.05. The Hall–Kier alpha value is -2.69. The Morgan fingerprint density at radius 1 is 1.20 bits per heavy atom. The summed E-state index contributed by atoms with van der Waals surface area (Å²) in [6, 6.07) is 12.4. The van der Waals surface area contributed by atoms with Crippen LogP contribution in [0.2, 0.25) is 0 Å². The molecule has 104 valence electrons. The zero-order chi connectivity index (χ0) is 14.5. The third-order valence-corrected chi connectivity index (χ3v) is 2.80. The molecule has 2 aromatic rings. The second-order valence-electron chi connectivity index (χ2n) is 4.17. The highest BCUT2D eigenvalue weighted by Gasteiger charge is 2.14. The van der Waals surface area contributed by atoms with Crippen LogP contribution >= 0.6 is 0 Å². The number of hydrogen-bond donors (Lipinski definition) is 2. The number of carbonyl (C=O) groups is 1. The zero-order valence-corrected chi connectivity index (χ0v) is 11.0. The van der Waals surface area contributed by atoms with Crippen molar-refractivity contribution in [3.63, 3.8) is 0 Å². The summed E-state index contributed by atoms with van der Waals surface area (Å²) in [6.45, 7) is 0.350. The van der Waals surface area contributed by atoms with Crippen molar-refractivity contribution >= 4 is 11.7 Å². The highest BCUT2D eigenvalue weighted by molar-refractivity contribution is 5.94. The second kappa shape index (κ2) is 5.97. The number of ether oxygens (including phenoxy) is 2. The van der Waals surface area contributed by atoms with E-state index < -0.39 is 5.97 Å². The van der Waals surface area contributed by atoms with Crippen molar-refractivity contribution in [2.24, 2.45) is 0 Å². The van der Waals surface area contributed by atoms with Gasteiger partial charge in [-0.3, -0.25) is 0 Å². The Kier molecular flexibility index (Phi) is 4.10. The second-order valence-corrected chi connectivity index (χ2v) is 4.17. The molecule has 0 radical (unpaired) electrons. The molecule has 0 atom stereocenters. The Morgan fingerprint density at radius 2 is 1.90 bits per heavy atom. The molecule has 5 nitrogen and oxygen atoms in total. The van der Waals surface area contributed by atoms with E-state index in [1.807, 2.05) is 30.3 Å². The maximum Gasteiger partial charge on any atom is 0.337 e. The lowest BCUT2D eigenvalue weighted by atomic mass is 10.1. The van der Waals surface area contributed by atoms with Crippen LogP contribution in [0.5, 0.6) is 11.5 Å². The summed E-state index contributed by atoms with van der Waals surface area (Å²) < 4.78 is 10.8. The highest BCUT2D eigenvalue weighted by Crippen LogP contribution is 2.32. The summed E-state index contributed by atoms with van der Waals surface area (Å²) in [7, 11) is 1.45. The number of methoxy groups -OCH3 is 1. The van der Waals surface area contributed by atoms with Crippen LogP contribution in [0, 0.1) is 0 Å². The van der Waals surface area contributed by atoms with Crippen molar-refractivity contribution in [2.75, 3.05) is 12.8 Å². The summed E-state index contributed by atoms with van der Waals surface area (Å²) in [6.07, 6.45) is 0. The van der Waals surface area contributed by atoms with Gasteiger partial charge in [-0.05, 0) is 5.56 Å². The molecule has 0 aliphatic rings. The Labute approximate surface area is 116 Å². The third kappa shape index (κ3) is 3.00. The van der Waals surface area contributed by atoms with Gasteiger partial charge < -0.3 is 20.3 Å². The van der Waals surface area contributed by atoms with Gasteiger partial charge in [0.1, 0.15) is 6.61 Å². The minimum absolute atomic E-state index is 0.00564. The fraction of sp³-hybridized carbons (Fsp3) is 0.133. The van der Waals surface area contributed by atoms with Gasteiger partial charge in [0, 0.05) is 12.1 Å². The van der Waals surface area contributed by atoms with Gasteiger partial charge in [0.05, 0.1) is 18.4 Å². The maximum absolute atomic E-state index is 11.0. The van der Waals surface area contributed by atoms with Gasteiger partial charge in [-0.25, -0.2) is 4.79 Å². The number of anilines is 1. The molecule has 0 saturated carbocycles. The highest BCUT2D eigenvalue weighted by atomic mass is 16.5. The predicted molar refractivity (Wildman–Crippen MR) is 75.1 cm³/mol. The van der Waals surface area contributed by atoms with Crippen molar-refractivity contribution in [1.29, 1.82) is 0 Å². The molecule has 5 heteroatoms. The largest absolute Gasteiger partial charge is 0.493 e. The van der Waals surface area contributed by atoms with Gasteiger partial charge in [0.2, 0.25) is 0 Å². The van der Waals surface area contributed by atoms with E-state index in [0.29, 0.717) is 18.1 Å². The van der Waals surface area contributed by atoms with E-state index >= 15 is 0 Å². The van der Waals surface area contributed by atoms with E-state index in [0.717, 1.165) is 5.56 Å². The molecule has 0 aromatic heterocycles. The normalized spacial score (nSPS) is 10.1. The fourth-order valence-electron chi connectivity index (χ4n) is 1.77. The first-order valence-corrected chi connectivity index (χ1v) is 5.99. The standard InChI is InChI=1S/C15H15NO4/c1-19-13-7-11(15(17)18)12(16)8-14(13)20-9-10-5-3-2-4-6-10/h2-8H,9,16H2,1H3,(H,17,18). The van der Waals surface area contributed by atoms with Crippen LogP contribution < -0.4 is 15.2 Å². The zero-order valence-electron chi connectivity index (χ0n) is 11.0. The molecule has 2 rings (SSSR count). The molecular formula is C15H15NO4. The fourth-order valence-corrected chi connectivity index (χ4v) is 1.77. The van der Waals surface area contributed by atoms with Crippen LogP contribution in [0.25, 0.3) is 0 Å². The van der Waals surface area contributed by atoms with Crippen LogP contribution in [-0.2, 0) is 6.61 Å². The Balaban J connectivity index is 2.23. The first kappa shape index (κ1) is 13.7. The summed E-state index contributed by atoms with van der Waals surface area (Å²) in [5.74, 6) is -0.346. The molecule has 0 amide bonds. The minimum Gasteiger partial charge on any atom is -0.493 e. The van der Waals surface area contributed by atoms with Gasteiger partial charge in [-0.15, -0.1) is 0 Å². The number of aromatic carboxylic acids is 1. The molecule has 0 saturated heterocycles.